The molecule has 1 aliphatic carbocycles. The molecule has 0 spiro atoms. The molecule has 1 aromatic carbocycles. The fourth-order valence-corrected chi connectivity index (χ4v) is 2.63. The van der Waals surface area contributed by atoms with Crippen LogP contribution in [-0.4, -0.2) is 10.9 Å². The molecule has 14 heavy (non-hydrogen) atoms. The van der Waals surface area contributed by atoms with Gasteiger partial charge in [0.05, 0.1) is 5.02 Å². The summed E-state index contributed by atoms with van der Waals surface area (Å²) in [5.74, 6) is 0.723. The molecule has 1 fully saturated rings. The summed E-state index contributed by atoms with van der Waals surface area (Å²) >= 11 is 15.3. The molecule has 0 saturated heterocycles. The maximum atomic E-state index is 5.97. The molecular weight excluding hydrogens is 287 g/mol. The van der Waals surface area contributed by atoms with Crippen LogP contribution in [0.3, 0.4) is 0 Å². The Bertz CT molecular complexity index is 337. The molecule has 0 radical (unpaired) electrons. The predicted molar refractivity (Wildman–Crippen MR) is 62.8 cm³/mol. The number of benzene rings is 1. The van der Waals surface area contributed by atoms with Gasteiger partial charge in [-0.1, -0.05) is 39.1 Å². The van der Waals surface area contributed by atoms with E-state index in [0.29, 0.717) is 14.9 Å². The Kier molecular flexibility index (Phi) is 3.25. The SMILES string of the molecule is Clc1ccc(OC2CC(Br)C2)c(Cl)c1. The lowest BCUT2D eigenvalue weighted by atomic mass is 9.96. The van der Waals surface area contributed by atoms with Crippen molar-refractivity contribution in [3.8, 4) is 5.75 Å². The van der Waals surface area contributed by atoms with E-state index in [1.54, 1.807) is 12.1 Å². The minimum atomic E-state index is 0.290. The normalized spacial score (nSPS) is 25.6. The van der Waals surface area contributed by atoms with Gasteiger partial charge in [-0.25, -0.2) is 0 Å². The third-order valence-electron chi connectivity index (χ3n) is 2.22. The third kappa shape index (κ3) is 2.36. The fourth-order valence-electron chi connectivity index (χ4n) is 1.35. The lowest BCUT2D eigenvalue weighted by molar-refractivity contribution is 0.128. The maximum absolute atomic E-state index is 5.97. The molecule has 0 amide bonds. The second-order valence-electron chi connectivity index (χ2n) is 3.38. The highest BCUT2D eigenvalue weighted by atomic mass is 79.9. The molecule has 0 heterocycles. The van der Waals surface area contributed by atoms with Gasteiger partial charge in [0, 0.05) is 9.85 Å². The lowest BCUT2D eigenvalue weighted by Crippen LogP contribution is -2.34. The van der Waals surface area contributed by atoms with Crippen molar-refractivity contribution >= 4 is 39.1 Å². The maximum Gasteiger partial charge on any atom is 0.138 e. The van der Waals surface area contributed by atoms with Crippen LogP contribution >= 0.6 is 39.1 Å². The molecule has 2 rings (SSSR count). The number of hydrogen-bond donors (Lipinski definition) is 0. The molecule has 1 aromatic rings. The molecule has 4 heteroatoms. The van der Waals surface area contributed by atoms with Crippen molar-refractivity contribution in [3.63, 3.8) is 0 Å². The van der Waals surface area contributed by atoms with Gasteiger partial charge in [0.1, 0.15) is 11.9 Å². The van der Waals surface area contributed by atoms with E-state index >= 15 is 0 Å². The quantitative estimate of drug-likeness (QED) is 0.739. The lowest BCUT2D eigenvalue weighted by Gasteiger charge is -2.31. The van der Waals surface area contributed by atoms with Gasteiger partial charge >= 0.3 is 0 Å². The first-order chi connectivity index (χ1) is 6.65. The number of alkyl halides is 1. The van der Waals surface area contributed by atoms with Crippen molar-refractivity contribution in [1.82, 2.24) is 0 Å². The van der Waals surface area contributed by atoms with Gasteiger partial charge < -0.3 is 4.74 Å². The highest BCUT2D eigenvalue weighted by molar-refractivity contribution is 9.09. The standard InChI is InChI=1S/C10H9BrCl2O/c11-6-3-8(4-6)14-10-2-1-7(12)5-9(10)13/h1-2,5-6,8H,3-4H2. The summed E-state index contributed by atoms with van der Waals surface area (Å²) in [6.45, 7) is 0. The van der Waals surface area contributed by atoms with Gasteiger partial charge in [0.2, 0.25) is 0 Å². The second kappa shape index (κ2) is 4.30. The summed E-state index contributed by atoms with van der Waals surface area (Å²) < 4.78 is 5.69. The topological polar surface area (TPSA) is 9.23 Å². The Balaban J connectivity index is 2.02. The van der Waals surface area contributed by atoms with E-state index in [2.05, 4.69) is 15.9 Å². The first kappa shape index (κ1) is 10.6. The molecule has 0 unspecified atom stereocenters. The van der Waals surface area contributed by atoms with E-state index < -0.39 is 0 Å². The molecule has 0 aromatic heterocycles. The third-order valence-corrected chi connectivity index (χ3v) is 3.50. The van der Waals surface area contributed by atoms with Crippen LogP contribution in [0.2, 0.25) is 10.0 Å². The average Bonchev–Trinajstić information content (AvgIpc) is 2.06. The summed E-state index contributed by atoms with van der Waals surface area (Å²) in [6.07, 6.45) is 2.37. The zero-order valence-corrected chi connectivity index (χ0v) is 10.4. The van der Waals surface area contributed by atoms with Crippen molar-refractivity contribution in [1.29, 1.82) is 0 Å². The van der Waals surface area contributed by atoms with Crippen LogP contribution in [0.15, 0.2) is 18.2 Å². The average molecular weight is 296 g/mol. The van der Waals surface area contributed by atoms with Gasteiger partial charge in [-0.3, -0.25) is 0 Å². The van der Waals surface area contributed by atoms with Crippen LogP contribution in [0.4, 0.5) is 0 Å². The molecule has 1 nitrogen and oxygen atoms in total. The van der Waals surface area contributed by atoms with Gasteiger partial charge in [-0.15, -0.1) is 0 Å². The van der Waals surface area contributed by atoms with E-state index in [0.717, 1.165) is 18.6 Å². The molecule has 0 atom stereocenters. The van der Waals surface area contributed by atoms with Crippen LogP contribution in [0, 0.1) is 0 Å². The van der Waals surface area contributed by atoms with Crippen molar-refractivity contribution in [2.45, 2.75) is 23.8 Å². The minimum absolute atomic E-state index is 0.290. The number of halogens is 3. The van der Waals surface area contributed by atoms with Gasteiger partial charge in [0.15, 0.2) is 0 Å². The van der Waals surface area contributed by atoms with E-state index in [4.69, 9.17) is 27.9 Å². The van der Waals surface area contributed by atoms with Crippen molar-refractivity contribution in [2.75, 3.05) is 0 Å². The predicted octanol–water partition coefficient (Wildman–Crippen LogP) is 4.30. The summed E-state index contributed by atoms with van der Waals surface area (Å²) in [5.41, 5.74) is 0. The van der Waals surface area contributed by atoms with Crippen LogP contribution in [0.1, 0.15) is 12.8 Å². The summed E-state index contributed by atoms with van der Waals surface area (Å²) in [6, 6.07) is 5.29. The number of ether oxygens (including phenoxy) is 1. The fraction of sp³-hybridized carbons (Fsp3) is 0.400. The van der Waals surface area contributed by atoms with Crippen molar-refractivity contribution < 1.29 is 4.74 Å². The number of rotatable bonds is 2. The molecular formula is C10H9BrCl2O. The minimum Gasteiger partial charge on any atom is -0.489 e. The zero-order valence-electron chi connectivity index (χ0n) is 7.34. The second-order valence-corrected chi connectivity index (χ2v) is 5.52. The molecule has 76 valence electrons. The zero-order chi connectivity index (χ0) is 10.1. The Labute approximate surface area is 101 Å². The van der Waals surface area contributed by atoms with Gasteiger partial charge in [-0.2, -0.15) is 0 Å². The Morgan fingerprint density at radius 3 is 2.57 bits per heavy atom. The number of hydrogen-bond acceptors (Lipinski definition) is 1. The highest BCUT2D eigenvalue weighted by Crippen LogP contribution is 2.34. The van der Waals surface area contributed by atoms with E-state index in [1.165, 1.54) is 0 Å². The van der Waals surface area contributed by atoms with Crippen molar-refractivity contribution in [2.24, 2.45) is 0 Å². The smallest absolute Gasteiger partial charge is 0.138 e. The van der Waals surface area contributed by atoms with E-state index in [9.17, 15) is 0 Å². The van der Waals surface area contributed by atoms with Gasteiger partial charge in [-0.05, 0) is 31.0 Å². The molecule has 0 aliphatic heterocycles. The van der Waals surface area contributed by atoms with E-state index in [-0.39, 0.29) is 6.10 Å². The highest BCUT2D eigenvalue weighted by Gasteiger charge is 2.28. The van der Waals surface area contributed by atoms with Crippen LogP contribution < -0.4 is 4.74 Å². The molecule has 0 bridgehead atoms. The molecule has 0 N–H and O–H groups in total. The van der Waals surface area contributed by atoms with Crippen LogP contribution in [0.5, 0.6) is 5.75 Å². The first-order valence-electron chi connectivity index (χ1n) is 4.41. The van der Waals surface area contributed by atoms with Gasteiger partial charge in [0.25, 0.3) is 0 Å². The van der Waals surface area contributed by atoms with Crippen LogP contribution in [-0.2, 0) is 0 Å². The molecule has 1 saturated carbocycles. The monoisotopic (exact) mass is 294 g/mol. The Morgan fingerprint density at radius 2 is 2.00 bits per heavy atom. The summed E-state index contributed by atoms with van der Waals surface area (Å²) in [4.78, 5) is 0.596. The van der Waals surface area contributed by atoms with Crippen molar-refractivity contribution in [3.05, 3.63) is 28.2 Å². The van der Waals surface area contributed by atoms with E-state index in [1.807, 2.05) is 6.07 Å². The summed E-state index contributed by atoms with van der Waals surface area (Å²) in [7, 11) is 0. The van der Waals surface area contributed by atoms with Crippen LogP contribution in [0.25, 0.3) is 0 Å². The Hall–Kier alpha value is 0.0800. The summed E-state index contributed by atoms with van der Waals surface area (Å²) in [5, 5.41) is 1.21. The molecule has 1 aliphatic rings. The first-order valence-corrected chi connectivity index (χ1v) is 6.08. The Morgan fingerprint density at radius 1 is 1.29 bits per heavy atom. The largest absolute Gasteiger partial charge is 0.489 e.